The molecule has 0 aliphatic heterocycles. The van der Waals surface area contributed by atoms with Crippen molar-refractivity contribution >= 4 is 43.6 Å². The fourth-order valence-corrected chi connectivity index (χ4v) is 8.28. The molecule has 4 heteroatoms. The van der Waals surface area contributed by atoms with Crippen molar-refractivity contribution in [2.75, 3.05) is 0 Å². The predicted molar refractivity (Wildman–Crippen MR) is 194 cm³/mol. The molecule has 0 atom stereocenters. The fraction of sp³-hybridized carbons (Fsp3) is 0.0698. The van der Waals surface area contributed by atoms with Crippen molar-refractivity contribution in [2.45, 2.75) is 19.3 Å². The van der Waals surface area contributed by atoms with Crippen LogP contribution in [0.5, 0.6) is 0 Å². The van der Waals surface area contributed by atoms with Crippen LogP contribution in [0.15, 0.2) is 146 Å². The first-order valence-electron chi connectivity index (χ1n) is 16.2. The fourth-order valence-electron chi connectivity index (χ4n) is 8.28. The van der Waals surface area contributed by atoms with Crippen LogP contribution >= 0.6 is 0 Å². The molecule has 4 aromatic heterocycles. The zero-order valence-corrected chi connectivity index (χ0v) is 26.1. The predicted octanol–water partition coefficient (Wildman–Crippen LogP) is 10.6. The van der Waals surface area contributed by atoms with Crippen LogP contribution in [0, 0.1) is 0 Å². The monoisotopic (exact) mass is 602 g/mol. The summed E-state index contributed by atoms with van der Waals surface area (Å²) in [5.74, 6) is 0. The van der Waals surface area contributed by atoms with Gasteiger partial charge in [0.2, 0.25) is 0 Å². The summed E-state index contributed by atoms with van der Waals surface area (Å²) in [7, 11) is 0. The highest BCUT2D eigenvalue weighted by atomic mass is 15.0. The molecule has 0 radical (unpaired) electrons. The van der Waals surface area contributed by atoms with Crippen molar-refractivity contribution < 1.29 is 0 Å². The molecule has 0 unspecified atom stereocenters. The Labute approximate surface area is 272 Å². The summed E-state index contributed by atoms with van der Waals surface area (Å²) < 4.78 is 4.97. The van der Waals surface area contributed by atoms with Crippen molar-refractivity contribution in [1.82, 2.24) is 19.1 Å². The van der Waals surface area contributed by atoms with Crippen LogP contribution in [-0.2, 0) is 5.41 Å². The van der Waals surface area contributed by atoms with Gasteiger partial charge in [-0.25, -0.2) is 0 Å². The number of rotatable bonds is 3. The van der Waals surface area contributed by atoms with Crippen molar-refractivity contribution in [3.63, 3.8) is 0 Å². The van der Waals surface area contributed by atoms with Crippen LogP contribution < -0.4 is 0 Å². The zero-order chi connectivity index (χ0) is 31.3. The number of pyridine rings is 2. The van der Waals surface area contributed by atoms with E-state index in [0.717, 1.165) is 22.8 Å². The van der Waals surface area contributed by atoms with Gasteiger partial charge in [0, 0.05) is 56.3 Å². The Bertz CT molecular complexity index is 2700. The second-order valence-electron chi connectivity index (χ2n) is 13.0. The third kappa shape index (κ3) is 3.47. The first-order chi connectivity index (χ1) is 23.1. The molecular weight excluding hydrogens is 573 g/mol. The Morgan fingerprint density at radius 2 is 1.15 bits per heavy atom. The molecule has 0 N–H and O–H groups in total. The van der Waals surface area contributed by atoms with Crippen LogP contribution in [0.2, 0.25) is 0 Å². The molecule has 0 bridgehead atoms. The van der Waals surface area contributed by atoms with Crippen molar-refractivity contribution in [3.05, 3.63) is 157 Å². The third-order valence-electron chi connectivity index (χ3n) is 10.2. The smallest absolute Gasteiger partial charge is 0.0906 e. The van der Waals surface area contributed by atoms with E-state index in [0.29, 0.717) is 0 Å². The van der Waals surface area contributed by atoms with Gasteiger partial charge in [-0.2, -0.15) is 0 Å². The molecule has 0 saturated heterocycles. The Morgan fingerprint density at radius 3 is 1.91 bits per heavy atom. The van der Waals surface area contributed by atoms with Gasteiger partial charge in [-0.1, -0.05) is 98.8 Å². The van der Waals surface area contributed by atoms with Crippen LogP contribution in [0.3, 0.4) is 0 Å². The summed E-state index contributed by atoms with van der Waals surface area (Å²) >= 11 is 0. The highest BCUT2D eigenvalue weighted by Gasteiger charge is 2.41. The molecular formula is C43H30N4. The van der Waals surface area contributed by atoms with Gasteiger partial charge in [0.15, 0.2) is 0 Å². The Kier molecular flexibility index (Phi) is 5.31. The summed E-state index contributed by atoms with van der Waals surface area (Å²) in [6, 6.07) is 47.9. The van der Waals surface area contributed by atoms with Gasteiger partial charge in [-0.15, -0.1) is 0 Å². The summed E-state index contributed by atoms with van der Waals surface area (Å²) in [5, 5.41) is 5.08. The molecule has 4 heterocycles. The number of hydrogen-bond acceptors (Lipinski definition) is 2. The lowest BCUT2D eigenvalue weighted by Gasteiger charge is -2.23. The quantitative estimate of drug-likeness (QED) is 0.202. The highest BCUT2D eigenvalue weighted by molar-refractivity contribution is 6.31. The van der Waals surface area contributed by atoms with Crippen molar-refractivity contribution in [1.29, 1.82) is 0 Å². The van der Waals surface area contributed by atoms with Gasteiger partial charge in [0.25, 0.3) is 0 Å². The summed E-state index contributed by atoms with van der Waals surface area (Å²) in [5.41, 5.74) is 14.0. The molecule has 1 aliphatic rings. The van der Waals surface area contributed by atoms with Crippen LogP contribution in [-0.4, -0.2) is 19.1 Å². The van der Waals surface area contributed by atoms with Gasteiger partial charge in [-0.05, 0) is 65.2 Å². The second kappa shape index (κ2) is 9.51. The van der Waals surface area contributed by atoms with E-state index in [4.69, 9.17) is 4.98 Å². The van der Waals surface area contributed by atoms with Crippen LogP contribution in [0.1, 0.15) is 25.0 Å². The van der Waals surface area contributed by atoms with Crippen molar-refractivity contribution in [3.8, 4) is 33.9 Å². The number of aromatic nitrogens is 4. The molecule has 9 aromatic rings. The minimum absolute atomic E-state index is 0.220. The van der Waals surface area contributed by atoms with E-state index in [9.17, 15) is 0 Å². The van der Waals surface area contributed by atoms with Crippen LogP contribution in [0.25, 0.3) is 77.5 Å². The number of hydrogen-bond donors (Lipinski definition) is 0. The Balaban J connectivity index is 1.50. The summed E-state index contributed by atoms with van der Waals surface area (Å²) in [6.07, 6.45) is 3.74. The number of fused-ring (bicyclic) bond motifs is 12. The first-order valence-corrected chi connectivity index (χ1v) is 16.2. The lowest BCUT2D eigenvalue weighted by atomic mass is 9.80. The standard InChI is InChI=1S/C43H30N4/c1-43(2)32-19-9-6-16-29(32)37-40(43)38-30-17-7-10-21-35(30)47(28-23-25-45-34(26-28)33-20-12-13-24-44-33)42(38)39-31-18-8-11-22-36(31)46(41(37)39)27-14-4-3-5-15-27/h3-26H,1-2H3. The van der Waals surface area contributed by atoms with Crippen LogP contribution in [0.4, 0.5) is 0 Å². The lowest BCUT2D eigenvalue weighted by molar-refractivity contribution is 0.667. The first kappa shape index (κ1) is 26.2. The summed E-state index contributed by atoms with van der Waals surface area (Å²) in [6.45, 7) is 4.80. The van der Waals surface area contributed by atoms with E-state index >= 15 is 0 Å². The van der Waals surface area contributed by atoms with Gasteiger partial charge in [0.1, 0.15) is 0 Å². The minimum Gasteiger partial charge on any atom is -0.309 e. The largest absolute Gasteiger partial charge is 0.309 e. The molecule has 10 rings (SSSR count). The minimum atomic E-state index is -0.220. The molecule has 0 saturated carbocycles. The zero-order valence-electron chi connectivity index (χ0n) is 26.1. The Hall–Kier alpha value is -6.00. The van der Waals surface area contributed by atoms with Gasteiger partial charge >= 0.3 is 0 Å². The maximum absolute atomic E-state index is 4.76. The van der Waals surface area contributed by atoms with E-state index in [2.05, 4.69) is 143 Å². The SMILES string of the molecule is CC1(C)c2ccccc2-c2c1c1c3ccccc3n(-c3ccnc(-c4ccccn4)c3)c1c1c3ccccc3n(-c3ccccc3)c21. The molecule has 222 valence electrons. The maximum atomic E-state index is 4.76. The van der Waals surface area contributed by atoms with Gasteiger partial charge in [-0.3, -0.25) is 9.97 Å². The molecule has 4 nitrogen and oxygen atoms in total. The normalized spacial score (nSPS) is 13.5. The van der Waals surface area contributed by atoms with Gasteiger partial charge in [0.05, 0.1) is 33.5 Å². The average molecular weight is 603 g/mol. The molecule has 47 heavy (non-hydrogen) atoms. The number of benzene rings is 5. The maximum Gasteiger partial charge on any atom is 0.0906 e. The third-order valence-corrected chi connectivity index (χ3v) is 10.2. The van der Waals surface area contributed by atoms with E-state index in [1.165, 1.54) is 65.9 Å². The van der Waals surface area contributed by atoms with E-state index in [1.54, 1.807) is 0 Å². The second-order valence-corrected chi connectivity index (χ2v) is 13.0. The lowest BCUT2D eigenvalue weighted by Crippen LogP contribution is -2.15. The Morgan fingerprint density at radius 1 is 0.511 bits per heavy atom. The average Bonchev–Trinajstić information content (AvgIpc) is 3.73. The van der Waals surface area contributed by atoms with Crippen molar-refractivity contribution in [2.24, 2.45) is 0 Å². The molecule has 0 fully saturated rings. The topological polar surface area (TPSA) is 35.6 Å². The molecule has 1 aliphatic carbocycles. The number of nitrogens with zero attached hydrogens (tertiary/aromatic N) is 4. The van der Waals surface area contributed by atoms with E-state index < -0.39 is 0 Å². The molecule has 5 aromatic carbocycles. The van der Waals surface area contributed by atoms with E-state index in [-0.39, 0.29) is 5.41 Å². The highest BCUT2D eigenvalue weighted by Crippen LogP contribution is 2.58. The van der Waals surface area contributed by atoms with E-state index in [1.807, 2.05) is 30.6 Å². The molecule has 0 amide bonds. The van der Waals surface area contributed by atoms with Gasteiger partial charge < -0.3 is 9.13 Å². The molecule has 0 spiro atoms. The summed E-state index contributed by atoms with van der Waals surface area (Å²) in [4.78, 5) is 9.40. The number of para-hydroxylation sites is 3.